The molecule has 0 aliphatic heterocycles. The van der Waals surface area contributed by atoms with Crippen LogP contribution in [0.3, 0.4) is 0 Å². The Balaban J connectivity index is 0.00000361. The van der Waals surface area contributed by atoms with Crippen molar-refractivity contribution in [3.8, 4) is 0 Å². The Kier molecular flexibility index (Phi) is 7.73. The van der Waals surface area contributed by atoms with Crippen LogP contribution in [0.4, 0.5) is 0 Å². The highest BCUT2D eigenvalue weighted by atomic mass is 35.5. The topological polar surface area (TPSA) is 63.4 Å². The first-order chi connectivity index (χ1) is 8.77. The van der Waals surface area contributed by atoms with Gasteiger partial charge in [0.2, 0.25) is 10.0 Å². The zero-order chi connectivity index (χ0) is 14.5. The molecule has 2 N–H and O–H groups in total. The van der Waals surface area contributed by atoms with E-state index >= 15 is 0 Å². The van der Waals surface area contributed by atoms with E-state index in [-0.39, 0.29) is 23.6 Å². The lowest BCUT2D eigenvalue weighted by Gasteiger charge is -2.28. The minimum Gasteiger partial charge on any atom is -0.330 e. The lowest BCUT2D eigenvalue weighted by Crippen LogP contribution is -2.40. The number of nitrogens with zero attached hydrogens (tertiary/aromatic N) is 1. The van der Waals surface area contributed by atoms with Crippen LogP contribution in [0.1, 0.15) is 19.4 Å². The van der Waals surface area contributed by atoms with Crippen LogP contribution >= 0.6 is 12.4 Å². The highest BCUT2D eigenvalue weighted by Crippen LogP contribution is 2.16. The van der Waals surface area contributed by atoms with Crippen molar-refractivity contribution in [2.75, 3.05) is 25.9 Å². The molecule has 4 nitrogen and oxygen atoms in total. The van der Waals surface area contributed by atoms with Crippen molar-refractivity contribution < 1.29 is 8.42 Å². The highest BCUT2D eigenvalue weighted by Gasteiger charge is 2.25. The number of rotatable bonds is 7. The molecule has 6 heteroatoms. The van der Waals surface area contributed by atoms with Gasteiger partial charge in [-0.3, -0.25) is 0 Å². The molecule has 0 saturated carbocycles. The summed E-state index contributed by atoms with van der Waals surface area (Å²) in [6, 6.07) is 9.65. The van der Waals surface area contributed by atoms with E-state index in [4.69, 9.17) is 5.73 Å². The average Bonchev–Trinajstić information content (AvgIpc) is 2.37. The molecule has 116 valence electrons. The molecule has 0 bridgehead atoms. The number of benzene rings is 1. The van der Waals surface area contributed by atoms with Crippen molar-refractivity contribution in [3.05, 3.63) is 35.9 Å². The van der Waals surface area contributed by atoms with E-state index in [1.807, 2.05) is 44.2 Å². The lowest BCUT2D eigenvalue weighted by atomic mass is 9.94. The van der Waals surface area contributed by atoms with Gasteiger partial charge < -0.3 is 5.73 Å². The van der Waals surface area contributed by atoms with Crippen LogP contribution in [0, 0.1) is 5.41 Å². The molecule has 0 aliphatic rings. The van der Waals surface area contributed by atoms with Crippen molar-refractivity contribution in [1.29, 1.82) is 0 Å². The molecule has 1 aromatic rings. The fourth-order valence-electron chi connectivity index (χ4n) is 1.81. The summed E-state index contributed by atoms with van der Waals surface area (Å²) in [5, 5.41) is 0. The summed E-state index contributed by atoms with van der Waals surface area (Å²) in [7, 11) is -1.60. The van der Waals surface area contributed by atoms with Gasteiger partial charge in [-0.1, -0.05) is 44.2 Å². The first kappa shape index (κ1) is 19.4. The summed E-state index contributed by atoms with van der Waals surface area (Å²) < 4.78 is 25.8. The average molecular weight is 321 g/mol. The molecule has 0 aromatic heterocycles. The predicted molar refractivity (Wildman–Crippen MR) is 86.6 cm³/mol. The Labute approximate surface area is 128 Å². The van der Waals surface area contributed by atoms with Gasteiger partial charge in [0.15, 0.2) is 0 Å². The molecule has 0 heterocycles. The van der Waals surface area contributed by atoms with Crippen molar-refractivity contribution >= 4 is 22.4 Å². The smallest absolute Gasteiger partial charge is 0.214 e. The van der Waals surface area contributed by atoms with Gasteiger partial charge in [0.1, 0.15) is 0 Å². The molecule has 0 saturated heterocycles. The quantitative estimate of drug-likeness (QED) is 0.834. The van der Waals surface area contributed by atoms with E-state index in [0.717, 1.165) is 5.56 Å². The Morgan fingerprint density at radius 2 is 1.75 bits per heavy atom. The first-order valence-electron chi connectivity index (χ1n) is 6.45. The van der Waals surface area contributed by atoms with Crippen molar-refractivity contribution in [1.82, 2.24) is 4.31 Å². The molecule has 0 radical (unpaired) electrons. The maximum atomic E-state index is 12.2. The molecular weight excluding hydrogens is 296 g/mol. The van der Waals surface area contributed by atoms with Crippen molar-refractivity contribution in [2.24, 2.45) is 11.1 Å². The molecule has 0 spiro atoms. The summed E-state index contributed by atoms with van der Waals surface area (Å²) in [5.74, 6) is 0.133. The predicted octanol–water partition coefficient (Wildman–Crippen LogP) is 1.90. The van der Waals surface area contributed by atoms with Crippen molar-refractivity contribution in [3.63, 3.8) is 0 Å². The third-order valence-corrected chi connectivity index (χ3v) is 4.97. The second kappa shape index (κ2) is 7.98. The third-order valence-electron chi connectivity index (χ3n) is 3.17. The number of sulfonamides is 1. The van der Waals surface area contributed by atoms with Gasteiger partial charge >= 0.3 is 0 Å². The first-order valence-corrected chi connectivity index (χ1v) is 8.06. The molecule has 0 fully saturated rings. The molecular formula is C14H25ClN2O2S. The van der Waals surface area contributed by atoms with Crippen LogP contribution in [0.2, 0.25) is 0 Å². The zero-order valence-corrected chi connectivity index (χ0v) is 14.0. The van der Waals surface area contributed by atoms with Crippen LogP contribution in [0.5, 0.6) is 0 Å². The summed E-state index contributed by atoms with van der Waals surface area (Å²) in [6.45, 7) is 4.85. The maximum absolute atomic E-state index is 12.2. The Hall–Kier alpha value is -0.620. The van der Waals surface area contributed by atoms with E-state index in [1.165, 1.54) is 4.31 Å². The molecule has 1 aromatic carbocycles. The largest absolute Gasteiger partial charge is 0.330 e. The lowest BCUT2D eigenvalue weighted by molar-refractivity contribution is 0.292. The minimum atomic E-state index is -3.22. The van der Waals surface area contributed by atoms with Crippen molar-refractivity contribution in [2.45, 2.75) is 20.3 Å². The number of aryl methyl sites for hydroxylation is 1. The minimum absolute atomic E-state index is 0. The van der Waals surface area contributed by atoms with Crippen LogP contribution in [0.25, 0.3) is 0 Å². The zero-order valence-electron chi connectivity index (χ0n) is 12.4. The van der Waals surface area contributed by atoms with Gasteiger partial charge in [-0.05, 0) is 23.9 Å². The molecule has 0 amide bonds. The van der Waals surface area contributed by atoms with E-state index < -0.39 is 10.0 Å². The van der Waals surface area contributed by atoms with Gasteiger partial charge in [-0.2, -0.15) is 0 Å². The number of halogens is 1. The van der Waals surface area contributed by atoms with E-state index in [0.29, 0.717) is 19.5 Å². The van der Waals surface area contributed by atoms with Gasteiger partial charge in [0.05, 0.1) is 5.75 Å². The van der Waals surface area contributed by atoms with Gasteiger partial charge in [0, 0.05) is 13.6 Å². The van der Waals surface area contributed by atoms with Gasteiger partial charge in [0.25, 0.3) is 0 Å². The van der Waals surface area contributed by atoms with Crippen LogP contribution in [-0.2, 0) is 16.4 Å². The van der Waals surface area contributed by atoms with Gasteiger partial charge in [-0.25, -0.2) is 12.7 Å². The van der Waals surface area contributed by atoms with E-state index in [2.05, 4.69) is 0 Å². The van der Waals surface area contributed by atoms with E-state index in [1.54, 1.807) is 7.05 Å². The summed E-state index contributed by atoms with van der Waals surface area (Å²) in [5.41, 5.74) is 6.48. The normalized spacial score (nSPS) is 12.2. The summed E-state index contributed by atoms with van der Waals surface area (Å²) in [4.78, 5) is 0. The number of hydrogen-bond donors (Lipinski definition) is 1. The standard InChI is InChI=1S/C14H24N2O2S.ClH/c1-14(2,11-15)12-16(3)19(17,18)10-9-13-7-5-4-6-8-13;/h4-8H,9-12,15H2,1-3H3;1H. The molecule has 0 unspecified atom stereocenters. The fraction of sp³-hybridized carbons (Fsp3) is 0.571. The van der Waals surface area contributed by atoms with E-state index in [9.17, 15) is 8.42 Å². The maximum Gasteiger partial charge on any atom is 0.214 e. The van der Waals surface area contributed by atoms with Crippen LogP contribution in [-0.4, -0.2) is 38.6 Å². The number of nitrogens with two attached hydrogens (primary N) is 1. The second-order valence-corrected chi connectivity index (χ2v) is 7.87. The Morgan fingerprint density at radius 1 is 1.20 bits per heavy atom. The van der Waals surface area contributed by atoms with Gasteiger partial charge in [-0.15, -0.1) is 12.4 Å². The van der Waals surface area contributed by atoms with Crippen LogP contribution < -0.4 is 5.73 Å². The fourth-order valence-corrected chi connectivity index (χ4v) is 3.16. The Morgan fingerprint density at radius 3 is 2.25 bits per heavy atom. The third kappa shape index (κ3) is 6.22. The second-order valence-electron chi connectivity index (χ2n) is 5.68. The monoisotopic (exact) mass is 320 g/mol. The SMILES string of the molecule is CN(CC(C)(C)CN)S(=O)(=O)CCc1ccccc1.Cl. The summed E-state index contributed by atoms with van der Waals surface area (Å²) in [6.07, 6.45) is 0.538. The Bertz CT molecular complexity index is 489. The summed E-state index contributed by atoms with van der Waals surface area (Å²) >= 11 is 0. The van der Waals surface area contributed by atoms with Crippen LogP contribution in [0.15, 0.2) is 30.3 Å². The molecule has 0 aliphatic carbocycles. The molecule has 0 atom stereocenters. The number of hydrogen-bond acceptors (Lipinski definition) is 3. The highest BCUT2D eigenvalue weighted by molar-refractivity contribution is 7.89. The molecule has 1 rings (SSSR count). The molecule has 20 heavy (non-hydrogen) atoms.